The Morgan fingerprint density at radius 3 is 2.94 bits per heavy atom. The van der Waals surface area contributed by atoms with E-state index in [1.165, 1.54) is 6.92 Å². The Hall–Kier alpha value is -1.07. The van der Waals surface area contributed by atoms with Gasteiger partial charge < -0.3 is 14.2 Å². The highest BCUT2D eigenvalue weighted by atomic mass is 79.9. The van der Waals surface area contributed by atoms with Gasteiger partial charge in [0.1, 0.15) is 12.7 Å². The second kappa shape index (κ2) is 4.84. The summed E-state index contributed by atoms with van der Waals surface area (Å²) in [5, 5.41) is 0. The van der Waals surface area contributed by atoms with E-state index in [4.69, 9.17) is 14.2 Å². The molecule has 1 heterocycles. The molecule has 5 heteroatoms. The van der Waals surface area contributed by atoms with Crippen LogP contribution in [0.4, 0.5) is 0 Å². The molecule has 4 nitrogen and oxygen atoms in total. The van der Waals surface area contributed by atoms with Crippen molar-refractivity contribution < 1.29 is 19.0 Å². The molecule has 1 aliphatic heterocycles. The molecule has 0 aromatic heterocycles. The minimum Gasteiger partial charge on any atom is -0.487 e. The van der Waals surface area contributed by atoms with Gasteiger partial charge in [-0.15, -0.1) is 0 Å². The van der Waals surface area contributed by atoms with Gasteiger partial charge in [-0.1, -0.05) is 15.9 Å². The Morgan fingerprint density at radius 1 is 1.56 bits per heavy atom. The third-order valence-corrected chi connectivity index (χ3v) is 2.48. The average Bonchev–Trinajstić information content (AvgIpc) is 2.99. The molecule has 0 radical (unpaired) electrons. The molecule has 1 atom stereocenters. The number of esters is 1. The summed E-state index contributed by atoms with van der Waals surface area (Å²) in [6.45, 7) is 2.57. The molecule has 1 aliphatic rings. The van der Waals surface area contributed by atoms with Gasteiger partial charge in [-0.2, -0.15) is 0 Å². The van der Waals surface area contributed by atoms with Crippen molar-refractivity contribution in [1.29, 1.82) is 0 Å². The maximum atomic E-state index is 10.9. The summed E-state index contributed by atoms with van der Waals surface area (Å²) in [5.41, 5.74) is 0. The van der Waals surface area contributed by atoms with Gasteiger partial charge in [-0.25, -0.2) is 0 Å². The lowest BCUT2D eigenvalue weighted by molar-refractivity contribution is -0.132. The molecule has 0 bridgehead atoms. The standard InChI is InChI=1S/C11H11BrO4/c1-7(13)16-11-4-8(12)2-3-10(11)15-6-9-5-14-9/h2-4,9H,5-6H2,1H3/t9-/m1/s1. The summed E-state index contributed by atoms with van der Waals surface area (Å²) in [6.07, 6.45) is 0.175. The van der Waals surface area contributed by atoms with Crippen LogP contribution in [0.5, 0.6) is 11.5 Å². The summed E-state index contributed by atoms with van der Waals surface area (Å²) >= 11 is 3.31. The first kappa shape index (κ1) is 11.4. The van der Waals surface area contributed by atoms with Crippen LogP contribution in [0.2, 0.25) is 0 Å². The van der Waals surface area contributed by atoms with Crippen LogP contribution >= 0.6 is 15.9 Å². The Morgan fingerprint density at radius 2 is 2.31 bits per heavy atom. The number of epoxide rings is 1. The highest BCUT2D eigenvalue weighted by molar-refractivity contribution is 9.10. The summed E-state index contributed by atoms with van der Waals surface area (Å²) in [4.78, 5) is 10.9. The van der Waals surface area contributed by atoms with E-state index in [9.17, 15) is 4.79 Å². The number of carbonyl (C=O) groups excluding carboxylic acids is 1. The minimum absolute atomic E-state index is 0.175. The van der Waals surface area contributed by atoms with Crippen LogP contribution in [0.3, 0.4) is 0 Å². The molecule has 1 aromatic rings. The van der Waals surface area contributed by atoms with E-state index in [0.717, 1.165) is 11.1 Å². The third kappa shape index (κ3) is 3.21. The van der Waals surface area contributed by atoms with E-state index in [1.54, 1.807) is 12.1 Å². The van der Waals surface area contributed by atoms with Crippen LogP contribution in [0.1, 0.15) is 6.92 Å². The van der Waals surface area contributed by atoms with Crippen molar-refractivity contribution in [3.63, 3.8) is 0 Å². The Labute approximate surface area is 102 Å². The molecule has 1 saturated heterocycles. The van der Waals surface area contributed by atoms with Crippen molar-refractivity contribution in [3.8, 4) is 11.5 Å². The zero-order valence-corrected chi connectivity index (χ0v) is 10.3. The normalized spacial score (nSPS) is 18.0. The van der Waals surface area contributed by atoms with Crippen LogP contribution < -0.4 is 9.47 Å². The SMILES string of the molecule is CC(=O)Oc1cc(Br)ccc1OC[C@H]1CO1. The number of ether oxygens (including phenoxy) is 3. The maximum Gasteiger partial charge on any atom is 0.308 e. The second-order valence-electron chi connectivity index (χ2n) is 3.45. The molecular weight excluding hydrogens is 276 g/mol. The van der Waals surface area contributed by atoms with E-state index >= 15 is 0 Å². The lowest BCUT2D eigenvalue weighted by atomic mass is 10.3. The maximum absolute atomic E-state index is 10.9. The number of carbonyl (C=O) groups is 1. The van der Waals surface area contributed by atoms with Crippen molar-refractivity contribution in [2.75, 3.05) is 13.2 Å². The summed E-state index contributed by atoms with van der Waals surface area (Å²) < 4.78 is 16.4. The van der Waals surface area contributed by atoms with Crippen molar-refractivity contribution in [2.45, 2.75) is 13.0 Å². The van der Waals surface area contributed by atoms with Crippen LogP contribution in [0.25, 0.3) is 0 Å². The zero-order valence-electron chi connectivity index (χ0n) is 8.73. The van der Waals surface area contributed by atoms with Crippen LogP contribution in [0.15, 0.2) is 22.7 Å². The lowest BCUT2D eigenvalue weighted by Crippen LogP contribution is -2.07. The van der Waals surface area contributed by atoms with Crippen molar-refractivity contribution in [2.24, 2.45) is 0 Å². The molecule has 16 heavy (non-hydrogen) atoms. The van der Waals surface area contributed by atoms with Gasteiger partial charge in [-0.05, 0) is 18.2 Å². The predicted octanol–water partition coefficient (Wildman–Crippen LogP) is 2.15. The highest BCUT2D eigenvalue weighted by Crippen LogP contribution is 2.31. The van der Waals surface area contributed by atoms with Crippen molar-refractivity contribution >= 4 is 21.9 Å². The minimum atomic E-state index is -0.370. The number of hydrogen-bond acceptors (Lipinski definition) is 4. The third-order valence-electron chi connectivity index (χ3n) is 1.99. The molecule has 0 spiro atoms. The van der Waals surface area contributed by atoms with E-state index in [0.29, 0.717) is 18.1 Å². The fraction of sp³-hybridized carbons (Fsp3) is 0.364. The van der Waals surface area contributed by atoms with Crippen LogP contribution in [0, 0.1) is 0 Å². The van der Waals surface area contributed by atoms with Crippen molar-refractivity contribution in [3.05, 3.63) is 22.7 Å². The molecule has 0 aliphatic carbocycles. The van der Waals surface area contributed by atoms with E-state index in [1.807, 2.05) is 6.07 Å². The smallest absolute Gasteiger partial charge is 0.308 e. The van der Waals surface area contributed by atoms with Crippen LogP contribution in [-0.4, -0.2) is 25.3 Å². The number of halogens is 1. The number of rotatable bonds is 4. The predicted molar refractivity (Wildman–Crippen MR) is 60.7 cm³/mol. The van der Waals surface area contributed by atoms with Gasteiger partial charge in [0.2, 0.25) is 0 Å². The Balaban J connectivity index is 2.09. The first-order chi connectivity index (χ1) is 7.65. The molecule has 0 saturated carbocycles. The summed E-state index contributed by atoms with van der Waals surface area (Å²) in [6, 6.07) is 5.28. The van der Waals surface area contributed by atoms with Gasteiger partial charge >= 0.3 is 5.97 Å². The topological polar surface area (TPSA) is 48.1 Å². The van der Waals surface area contributed by atoms with E-state index in [-0.39, 0.29) is 12.1 Å². The summed E-state index contributed by atoms with van der Waals surface area (Å²) in [7, 11) is 0. The molecule has 1 fully saturated rings. The Bertz CT molecular complexity index is 401. The first-order valence-electron chi connectivity index (χ1n) is 4.87. The molecule has 0 unspecified atom stereocenters. The van der Waals surface area contributed by atoms with Gasteiger partial charge in [0.25, 0.3) is 0 Å². The molecule has 2 rings (SSSR count). The van der Waals surface area contributed by atoms with Gasteiger partial charge in [-0.3, -0.25) is 4.79 Å². The second-order valence-corrected chi connectivity index (χ2v) is 4.37. The average molecular weight is 287 g/mol. The van der Waals surface area contributed by atoms with Crippen LogP contribution in [-0.2, 0) is 9.53 Å². The first-order valence-corrected chi connectivity index (χ1v) is 5.67. The quantitative estimate of drug-likeness (QED) is 0.483. The number of hydrogen-bond donors (Lipinski definition) is 0. The Kier molecular flexibility index (Phi) is 3.46. The van der Waals surface area contributed by atoms with Gasteiger partial charge in [0, 0.05) is 11.4 Å². The molecule has 86 valence electrons. The molecule has 0 N–H and O–H groups in total. The van der Waals surface area contributed by atoms with Crippen molar-refractivity contribution in [1.82, 2.24) is 0 Å². The number of benzene rings is 1. The molecule has 0 amide bonds. The monoisotopic (exact) mass is 286 g/mol. The van der Waals surface area contributed by atoms with E-state index < -0.39 is 0 Å². The molecule has 1 aromatic carbocycles. The highest BCUT2D eigenvalue weighted by Gasteiger charge is 2.23. The van der Waals surface area contributed by atoms with E-state index in [2.05, 4.69) is 15.9 Å². The largest absolute Gasteiger partial charge is 0.487 e. The lowest BCUT2D eigenvalue weighted by Gasteiger charge is -2.10. The fourth-order valence-electron chi connectivity index (χ4n) is 1.18. The summed E-state index contributed by atoms with van der Waals surface area (Å²) in [5.74, 6) is 0.599. The molecular formula is C11H11BrO4. The fourth-order valence-corrected chi connectivity index (χ4v) is 1.52. The van der Waals surface area contributed by atoms with Gasteiger partial charge in [0.05, 0.1) is 6.61 Å². The van der Waals surface area contributed by atoms with Gasteiger partial charge in [0.15, 0.2) is 11.5 Å². The zero-order chi connectivity index (χ0) is 11.5.